The maximum Gasteiger partial charge on any atom is 0.231 e. The highest BCUT2D eigenvalue weighted by atomic mass is 16.5. The van der Waals surface area contributed by atoms with Crippen molar-refractivity contribution in [3.63, 3.8) is 0 Å². The number of piperidine rings is 1. The molecule has 1 saturated heterocycles. The molecule has 1 aliphatic rings. The number of imidazole rings is 1. The Labute approximate surface area is 141 Å². The molecule has 0 N–H and O–H groups in total. The van der Waals surface area contributed by atoms with Crippen LogP contribution in [0.3, 0.4) is 0 Å². The van der Waals surface area contributed by atoms with Crippen LogP contribution in [0.15, 0.2) is 42.6 Å². The molecule has 5 heteroatoms. The lowest BCUT2D eigenvalue weighted by molar-refractivity contribution is 0.146. The third kappa shape index (κ3) is 3.12. The second kappa shape index (κ2) is 6.61. The molecule has 1 unspecified atom stereocenters. The first-order valence-corrected chi connectivity index (χ1v) is 8.42. The number of fused-ring (bicyclic) bond motifs is 1. The smallest absolute Gasteiger partial charge is 0.231 e. The quantitative estimate of drug-likeness (QED) is 0.741. The minimum Gasteiger partial charge on any atom is -0.476 e. The third-order valence-electron chi connectivity index (χ3n) is 4.54. The van der Waals surface area contributed by atoms with Gasteiger partial charge in [0.1, 0.15) is 0 Å². The van der Waals surface area contributed by atoms with Gasteiger partial charge in [0.25, 0.3) is 0 Å². The predicted octanol–water partition coefficient (Wildman–Crippen LogP) is 2.92. The number of likely N-dealkylation sites (tertiary alicyclic amines) is 1. The lowest BCUT2D eigenvalue weighted by Gasteiger charge is -2.29. The molecule has 5 nitrogen and oxygen atoms in total. The Balaban J connectivity index is 1.54. The van der Waals surface area contributed by atoms with Gasteiger partial charge in [-0.1, -0.05) is 24.3 Å². The molecule has 1 aromatic carbocycles. The van der Waals surface area contributed by atoms with E-state index in [0.29, 0.717) is 18.4 Å². The Kier molecular flexibility index (Phi) is 4.17. The second-order valence-corrected chi connectivity index (χ2v) is 6.46. The molecule has 0 bridgehead atoms. The average Bonchev–Trinajstić information content (AvgIpc) is 3.04. The number of benzene rings is 1. The SMILES string of the molecule is CN1CCCC(COc2ccc3ncc(-c4cc[c]cc4)n3n2)C1. The van der Waals surface area contributed by atoms with Gasteiger partial charge in [-0.2, -0.15) is 0 Å². The van der Waals surface area contributed by atoms with Gasteiger partial charge in [0.15, 0.2) is 5.65 Å². The zero-order valence-corrected chi connectivity index (χ0v) is 13.9. The molecule has 0 aliphatic carbocycles. The molecule has 4 rings (SSSR count). The van der Waals surface area contributed by atoms with Crippen LogP contribution in [0, 0.1) is 12.0 Å². The summed E-state index contributed by atoms with van der Waals surface area (Å²) in [6.45, 7) is 3.00. The monoisotopic (exact) mass is 321 g/mol. The van der Waals surface area contributed by atoms with Crippen LogP contribution in [-0.4, -0.2) is 46.2 Å². The van der Waals surface area contributed by atoms with E-state index in [-0.39, 0.29) is 0 Å². The first-order chi connectivity index (χ1) is 11.8. The molecule has 1 radical (unpaired) electrons. The Hall–Kier alpha value is -2.40. The van der Waals surface area contributed by atoms with Gasteiger partial charge in [0.05, 0.1) is 18.5 Å². The zero-order chi connectivity index (χ0) is 16.4. The van der Waals surface area contributed by atoms with Gasteiger partial charge in [-0.05, 0) is 38.6 Å². The van der Waals surface area contributed by atoms with Gasteiger partial charge in [0.2, 0.25) is 5.88 Å². The van der Waals surface area contributed by atoms with Gasteiger partial charge in [-0.25, -0.2) is 9.50 Å². The van der Waals surface area contributed by atoms with Crippen molar-refractivity contribution in [3.8, 4) is 17.1 Å². The Morgan fingerprint density at radius 2 is 2.12 bits per heavy atom. The van der Waals surface area contributed by atoms with E-state index in [0.717, 1.165) is 23.4 Å². The summed E-state index contributed by atoms with van der Waals surface area (Å²) in [5.41, 5.74) is 2.85. The van der Waals surface area contributed by atoms with Gasteiger partial charge >= 0.3 is 0 Å². The van der Waals surface area contributed by atoms with Crippen LogP contribution in [0.25, 0.3) is 16.9 Å². The summed E-state index contributed by atoms with van der Waals surface area (Å²) in [5.74, 6) is 1.23. The van der Waals surface area contributed by atoms with Crippen molar-refractivity contribution in [2.24, 2.45) is 5.92 Å². The number of ether oxygens (including phenoxy) is 1. The highest BCUT2D eigenvalue weighted by Crippen LogP contribution is 2.21. The molecule has 123 valence electrons. The van der Waals surface area contributed by atoms with Crippen LogP contribution in [-0.2, 0) is 0 Å². The van der Waals surface area contributed by atoms with Crippen molar-refractivity contribution in [1.29, 1.82) is 0 Å². The molecule has 2 aromatic heterocycles. The molecule has 3 heterocycles. The van der Waals surface area contributed by atoms with E-state index in [1.165, 1.54) is 19.4 Å². The first kappa shape index (κ1) is 15.1. The fourth-order valence-electron chi connectivity index (χ4n) is 3.30. The predicted molar refractivity (Wildman–Crippen MR) is 93.0 cm³/mol. The summed E-state index contributed by atoms with van der Waals surface area (Å²) in [4.78, 5) is 6.79. The molecule has 0 saturated carbocycles. The second-order valence-electron chi connectivity index (χ2n) is 6.46. The van der Waals surface area contributed by atoms with Crippen LogP contribution in [0.2, 0.25) is 0 Å². The molecule has 1 fully saturated rings. The van der Waals surface area contributed by atoms with Gasteiger partial charge in [0, 0.05) is 24.1 Å². The molecular formula is C19H21N4O. The number of hydrogen-bond donors (Lipinski definition) is 0. The van der Waals surface area contributed by atoms with E-state index < -0.39 is 0 Å². The zero-order valence-electron chi connectivity index (χ0n) is 13.9. The van der Waals surface area contributed by atoms with Crippen molar-refractivity contribution >= 4 is 5.65 Å². The lowest BCUT2D eigenvalue weighted by Crippen LogP contribution is -2.34. The topological polar surface area (TPSA) is 42.7 Å². The van der Waals surface area contributed by atoms with Crippen molar-refractivity contribution < 1.29 is 4.74 Å². The standard InChI is InChI=1S/C19H21N4O/c1-22-11-5-6-15(13-22)14-24-19-10-9-18-20-12-17(23(18)21-19)16-7-3-2-4-8-16/h3-4,7-10,12,15H,5-6,11,13-14H2,1H3. The number of nitrogens with zero attached hydrogens (tertiary/aromatic N) is 4. The van der Waals surface area contributed by atoms with E-state index in [1.807, 2.05) is 47.1 Å². The average molecular weight is 321 g/mol. The molecule has 24 heavy (non-hydrogen) atoms. The minimum absolute atomic E-state index is 0.577. The van der Waals surface area contributed by atoms with Crippen LogP contribution < -0.4 is 4.74 Å². The lowest BCUT2D eigenvalue weighted by atomic mass is 10.00. The summed E-state index contributed by atoms with van der Waals surface area (Å²) in [6, 6.07) is 14.7. The summed E-state index contributed by atoms with van der Waals surface area (Å²) < 4.78 is 7.81. The van der Waals surface area contributed by atoms with Crippen LogP contribution in [0.1, 0.15) is 12.8 Å². The Bertz CT molecular complexity index is 815. The van der Waals surface area contributed by atoms with E-state index in [4.69, 9.17) is 4.74 Å². The molecule has 0 amide bonds. The first-order valence-electron chi connectivity index (χ1n) is 8.42. The van der Waals surface area contributed by atoms with Crippen molar-refractivity contribution in [2.75, 3.05) is 26.7 Å². The highest BCUT2D eigenvalue weighted by molar-refractivity contribution is 5.62. The summed E-state index contributed by atoms with van der Waals surface area (Å²) in [5, 5.41) is 4.62. The minimum atomic E-state index is 0.577. The van der Waals surface area contributed by atoms with Gasteiger partial charge in [-0.3, -0.25) is 0 Å². The number of hydrogen-bond acceptors (Lipinski definition) is 4. The summed E-state index contributed by atoms with van der Waals surface area (Å²) >= 11 is 0. The summed E-state index contributed by atoms with van der Waals surface area (Å²) in [6.07, 6.45) is 4.31. The van der Waals surface area contributed by atoms with Crippen molar-refractivity contribution in [2.45, 2.75) is 12.8 Å². The normalized spacial score (nSPS) is 18.8. The maximum atomic E-state index is 5.97. The highest BCUT2D eigenvalue weighted by Gasteiger charge is 2.18. The largest absolute Gasteiger partial charge is 0.476 e. The Morgan fingerprint density at radius 3 is 2.96 bits per heavy atom. The summed E-state index contributed by atoms with van der Waals surface area (Å²) in [7, 11) is 2.17. The molecular weight excluding hydrogens is 300 g/mol. The molecule has 3 aromatic rings. The van der Waals surface area contributed by atoms with Crippen molar-refractivity contribution in [1.82, 2.24) is 19.5 Å². The molecule has 1 aliphatic heterocycles. The van der Waals surface area contributed by atoms with Crippen LogP contribution in [0.4, 0.5) is 0 Å². The van der Waals surface area contributed by atoms with Crippen LogP contribution in [0.5, 0.6) is 5.88 Å². The fourth-order valence-corrected chi connectivity index (χ4v) is 3.30. The maximum absolute atomic E-state index is 5.97. The number of aromatic nitrogens is 3. The van der Waals surface area contributed by atoms with Crippen LogP contribution >= 0.6 is 0 Å². The van der Waals surface area contributed by atoms with E-state index in [1.54, 1.807) is 0 Å². The van der Waals surface area contributed by atoms with Gasteiger partial charge in [-0.15, -0.1) is 5.10 Å². The molecule has 0 spiro atoms. The Morgan fingerprint density at radius 1 is 1.25 bits per heavy atom. The fraction of sp³-hybridized carbons (Fsp3) is 0.368. The van der Waals surface area contributed by atoms with E-state index >= 15 is 0 Å². The molecule has 1 atom stereocenters. The van der Waals surface area contributed by atoms with Gasteiger partial charge < -0.3 is 9.64 Å². The van der Waals surface area contributed by atoms with E-state index in [2.05, 4.69) is 28.1 Å². The number of rotatable bonds is 4. The third-order valence-corrected chi connectivity index (χ3v) is 4.54. The van der Waals surface area contributed by atoms with Crippen molar-refractivity contribution in [3.05, 3.63) is 48.7 Å². The van der Waals surface area contributed by atoms with E-state index in [9.17, 15) is 0 Å².